The molecule has 2 aromatic rings. The molecule has 7 heteroatoms. The van der Waals surface area contributed by atoms with Gasteiger partial charge in [0, 0.05) is 0 Å². The van der Waals surface area contributed by atoms with E-state index >= 15 is 0 Å². The van der Waals surface area contributed by atoms with Gasteiger partial charge in [0.15, 0.2) is 0 Å². The van der Waals surface area contributed by atoms with Crippen LogP contribution in [0.4, 0.5) is 0 Å². The molecule has 0 saturated carbocycles. The van der Waals surface area contributed by atoms with E-state index in [2.05, 4.69) is 4.72 Å². The molecule has 0 bridgehead atoms. The lowest BCUT2D eigenvalue weighted by Gasteiger charge is -2.21. The van der Waals surface area contributed by atoms with Gasteiger partial charge in [-0.15, -0.1) is 0 Å². The van der Waals surface area contributed by atoms with Gasteiger partial charge in [-0.1, -0.05) is 50.2 Å². The molecule has 0 saturated heterocycles. The van der Waals surface area contributed by atoms with Gasteiger partial charge < -0.3 is 9.47 Å². The number of sulfonamides is 1. The van der Waals surface area contributed by atoms with E-state index in [1.807, 2.05) is 18.2 Å². The van der Waals surface area contributed by atoms with E-state index < -0.39 is 22.0 Å². The van der Waals surface area contributed by atoms with Gasteiger partial charge in [-0.25, -0.2) is 8.42 Å². The van der Waals surface area contributed by atoms with Crippen molar-refractivity contribution in [2.45, 2.75) is 24.8 Å². The van der Waals surface area contributed by atoms with E-state index in [1.54, 1.807) is 44.2 Å². The maximum Gasteiger partial charge on any atom is 0.324 e. The highest BCUT2D eigenvalue weighted by atomic mass is 32.2. The highest BCUT2D eigenvalue weighted by molar-refractivity contribution is 7.89. The first-order valence-electron chi connectivity index (χ1n) is 8.32. The Kier molecular flexibility index (Phi) is 7.17. The molecule has 0 aromatic heterocycles. The minimum Gasteiger partial charge on any atom is -0.490 e. The fraction of sp³-hybridized carbons (Fsp3) is 0.316. The van der Waals surface area contributed by atoms with Crippen LogP contribution in [0.1, 0.15) is 13.8 Å². The number of ether oxygens (including phenoxy) is 2. The summed E-state index contributed by atoms with van der Waals surface area (Å²) in [6.45, 7) is 3.72. The predicted octanol–water partition coefficient (Wildman–Crippen LogP) is 2.61. The Morgan fingerprint density at radius 3 is 2.12 bits per heavy atom. The van der Waals surface area contributed by atoms with E-state index in [0.29, 0.717) is 5.75 Å². The fourth-order valence-corrected chi connectivity index (χ4v) is 3.55. The van der Waals surface area contributed by atoms with Gasteiger partial charge in [-0.3, -0.25) is 4.79 Å². The second-order valence-corrected chi connectivity index (χ2v) is 7.70. The van der Waals surface area contributed by atoms with Crippen LogP contribution in [-0.2, 0) is 19.6 Å². The topological polar surface area (TPSA) is 81.7 Å². The van der Waals surface area contributed by atoms with Crippen LogP contribution in [0, 0.1) is 5.92 Å². The Morgan fingerprint density at radius 1 is 0.962 bits per heavy atom. The first kappa shape index (κ1) is 19.9. The van der Waals surface area contributed by atoms with E-state index in [-0.39, 0.29) is 24.0 Å². The lowest BCUT2D eigenvalue weighted by molar-refractivity contribution is -0.147. The van der Waals surface area contributed by atoms with Crippen molar-refractivity contribution in [1.29, 1.82) is 0 Å². The molecule has 26 heavy (non-hydrogen) atoms. The number of rotatable bonds is 9. The van der Waals surface area contributed by atoms with Crippen molar-refractivity contribution in [3.05, 3.63) is 60.7 Å². The average molecular weight is 377 g/mol. The van der Waals surface area contributed by atoms with Crippen LogP contribution in [0.3, 0.4) is 0 Å². The number of benzene rings is 2. The molecule has 0 aliphatic rings. The van der Waals surface area contributed by atoms with Crippen molar-refractivity contribution in [1.82, 2.24) is 4.72 Å². The van der Waals surface area contributed by atoms with E-state index in [1.165, 1.54) is 12.1 Å². The second kappa shape index (κ2) is 9.35. The third-order valence-electron chi connectivity index (χ3n) is 3.60. The van der Waals surface area contributed by atoms with E-state index in [4.69, 9.17) is 9.47 Å². The molecule has 1 N–H and O–H groups in total. The van der Waals surface area contributed by atoms with E-state index in [9.17, 15) is 13.2 Å². The Bertz CT molecular complexity index is 791. The summed E-state index contributed by atoms with van der Waals surface area (Å²) >= 11 is 0. The van der Waals surface area contributed by atoms with Crippen LogP contribution in [0.25, 0.3) is 0 Å². The van der Waals surface area contributed by atoms with Crippen molar-refractivity contribution in [3.8, 4) is 5.75 Å². The molecule has 2 rings (SSSR count). The minimum atomic E-state index is -3.81. The molecule has 0 amide bonds. The summed E-state index contributed by atoms with van der Waals surface area (Å²) in [7, 11) is -3.81. The van der Waals surface area contributed by atoms with Crippen molar-refractivity contribution in [3.63, 3.8) is 0 Å². The van der Waals surface area contributed by atoms with Crippen LogP contribution >= 0.6 is 0 Å². The summed E-state index contributed by atoms with van der Waals surface area (Å²) in [5, 5.41) is 0. The number of nitrogens with one attached hydrogen (secondary N) is 1. The monoisotopic (exact) mass is 377 g/mol. The standard InChI is InChI=1S/C19H23NO5S/c1-15(2)18(20-26(22,23)17-11-7-4-8-12-17)19(21)25-14-13-24-16-9-5-3-6-10-16/h3-12,15,18,20H,13-14H2,1-2H3/t18-/m0/s1. The summed E-state index contributed by atoms with van der Waals surface area (Å²) < 4.78 is 37.9. The SMILES string of the molecule is CC(C)[C@H](NS(=O)(=O)c1ccccc1)C(=O)OCCOc1ccccc1. The molecule has 2 aromatic carbocycles. The summed E-state index contributed by atoms with van der Waals surface area (Å²) in [6.07, 6.45) is 0. The molecule has 1 atom stereocenters. The first-order chi connectivity index (χ1) is 12.4. The third kappa shape index (κ3) is 5.86. The smallest absolute Gasteiger partial charge is 0.324 e. The summed E-state index contributed by atoms with van der Waals surface area (Å²) in [5.74, 6) is -0.221. The first-order valence-corrected chi connectivity index (χ1v) is 9.80. The molecule has 0 fully saturated rings. The van der Waals surface area contributed by atoms with Crippen LogP contribution in [0.5, 0.6) is 5.75 Å². The number of carbonyl (C=O) groups excluding carboxylic acids is 1. The van der Waals surface area contributed by atoms with Crippen molar-refractivity contribution in [2.75, 3.05) is 13.2 Å². The molecule has 140 valence electrons. The molecule has 0 unspecified atom stereocenters. The Labute approximate surface area is 154 Å². The summed E-state index contributed by atoms with van der Waals surface area (Å²) in [5.41, 5.74) is 0. The van der Waals surface area contributed by atoms with Gasteiger partial charge in [-0.2, -0.15) is 4.72 Å². The Balaban J connectivity index is 1.91. The highest BCUT2D eigenvalue weighted by Crippen LogP contribution is 2.13. The predicted molar refractivity (Wildman–Crippen MR) is 98.3 cm³/mol. The van der Waals surface area contributed by atoms with Crippen LogP contribution in [-0.4, -0.2) is 33.6 Å². The third-order valence-corrected chi connectivity index (χ3v) is 5.05. The Morgan fingerprint density at radius 2 is 1.54 bits per heavy atom. The molecular weight excluding hydrogens is 354 g/mol. The maximum atomic E-state index is 12.4. The van der Waals surface area contributed by atoms with Gasteiger partial charge in [0.1, 0.15) is 25.0 Å². The van der Waals surface area contributed by atoms with Gasteiger partial charge in [0.2, 0.25) is 10.0 Å². The number of hydrogen-bond acceptors (Lipinski definition) is 5. The fourth-order valence-electron chi connectivity index (χ4n) is 2.20. The lowest BCUT2D eigenvalue weighted by Crippen LogP contribution is -2.45. The number of esters is 1. The zero-order valence-corrected chi connectivity index (χ0v) is 15.6. The van der Waals surface area contributed by atoms with Crippen molar-refractivity contribution in [2.24, 2.45) is 5.92 Å². The quantitative estimate of drug-likeness (QED) is 0.537. The van der Waals surface area contributed by atoms with Crippen molar-refractivity contribution < 1.29 is 22.7 Å². The highest BCUT2D eigenvalue weighted by Gasteiger charge is 2.29. The van der Waals surface area contributed by atoms with Crippen LogP contribution in [0.2, 0.25) is 0 Å². The van der Waals surface area contributed by atoms with Gasteiger partial charge in [-0.05, 0) is 30.2 Å². The summed E-state index contributed by atoms with van der Waals surface area (Å²) in [6, 6.07) is 16.1. The zero-order valence-electron chi connectivity index (χ0n) is 14.8. The van der Waals surface area contributed by atoms with Gasteiger partial charge in [0.05, 0.1) is 4.90 Å². The molecule has 0 aliphatic heterocycles. The summed E-state index contributed by atoms with van der Waals surface area (Å²) in [4.78, 5) is 12.4. The van der Waals surface area contributed by atoms with Crippen LogP contribution < -0.4 is 9.46 Å². The lowest BCUT2D eigenvalue weighted by atomic mass is 10.1. The number of para-hydroxylation sites is 1. The largest absolute Gasteiger partial charge is 0.490 e. The van der Waals surface area contributed by atoms with Crippen LogP contribution in [0.15, 0.2) is 65.6 Å². The number of carbonyl (C=O) groups is 1. The average Bonchev–Trinajstić information content (AvgIpc) is 2.64. The number of hydrogen-bond donors (Lipinski definition) is 1. The maximum absolute atomic E-state index is 12.4. The van der Waals surface area contributed by atoms with Gasteiger partial charge >= 0.3 is 5.97 Å². The second-order valence-electron chi connectivity index (χ2n) is 5.99. The minimum absolute atomic E-state index is 0.0318. The molecule has 0 heterocycles. The molecule has 0 radical (unpaired) electrons. The van der Waals surface area contributed by atoms with Gasteiger partial charge in [0.25, 0.3) is 0 Å². The molecular formula is C19H23NO5S. The Hall–Kier alpha value is -2.38. The normalized spacial score (nSPS) is 12.6. The zero-order chi connectivity index (χ0) is 19.0. The van der Waals surface area contributed by atoms with Crippen molar-refractivity contribution >= 4 is 16.0 Å². The molecule has 6 nitrogen and oxygen atoms in total. The molecule has 0 spiro atoms. The molecule has 0 aliphatic carbocycles. The van der Waals surface area contributed by atoms with E-state index in [0.717, 1.165) is 0 Å².